The van der Waals surface area contributed by atoms with Gasteiger partial charge in [0.2, 0.25) is 0 Å². The molecule has 0 atom stereocenters. The molecule has 0 saturated heterocycles. The summed E-state index contributed by atoms with van der Waals surface area (Å²) in [5.74, 6) is -0.106. The Morgan fingerprint density at radius 1 is 0.969 bits per heavy atom. The van der Waals surface area contributed by atoms with E-state index in [1.165, 1.54) is 19.2 Å². The van der Waals surface area contributed by atoms with E-state index in [1.807, 2.05) is 26.0 Å². The van der Waals surface area contributed by atoms with Crippen LogP contribution in [0.4, 0.5) is 15.8 Å². The van der Waals surface area contributed by atoms with Crippen molar-refractivity contribution in [2.45, 2.75) is 18.7 Å². The highest BCUT2D eigenvalue weighted by molar-refractivity contribution is 7.92. The summed E-state index contributed by atoms with van der Waals surface area (Å²) in [7, 11) is -2.61. The fraction of sp³-hybridized carbons (Fsp3) is 0.174. The van der Waals surface area contributed by atoms with Crippen LogP contribution in [0.1, 0.15) is 11.1 Å². The van der Waals surface area contributed by atoms with Crippen molar-refractivity contribution in [3.63, 3.8) is 0 Å². The van der Waals surface area contributed by atoms with Gasteiger partial charge in [0.15, 0.2) is 6.61 Å². The molecule has 1 amide bonds. The molecule has 0 bridgehead atoms. The monoisotopic (exact) mass is 458 g/mol. The summed E-state index contributed by atoms with van der Waals surface area (Å²) in [5.41, 5.74) is 2.47. The molecule has 0 aliphatic heterocycles. The quantitative estimate of drug-likeness (QED) is 0.526. The van der Waals surface area contributed by atoms with Crippen LogP contribution in [-0.2, 0) is 14.8 Å². The number of rotatable bonds is 8. The summed E-state index contributed by atoms with van der Waals surface area (Å²) in [5, 5.41) is 2.66. The van der Waals surface area contributed by atoms with E-state index in [-0.39, 0.29) is 22.9 Å². The lowest BCUT2D eigenvalue weighted by Gasteiger charge is -2.14. The number of carbonyl (C=O) groups excluding carboxylic acids is 1. The number of nitrogens with one attached hydrogen (secondary N) is 2. The third-order valence-electron chi connectivity index (χ3n) is 4.54. The predicted molar refractivity (Wildman–Crippen MR) is 120 cm³/mol. The minimum atomic E-state index is -4.00. The second-order valence-electron chi connectivity index (χ2n) is 7.08. The summed E-state index contributed by atoms with van der Waals surface area (Å²) >= 11 is 0. The van der Waals surface area contributed by atoms with E-state index in [1.54, 1.807) is 12.1 Å². The van der Waals surface area contributed by atoms with Crippen LogP contribution in [-0.4, -0.2) is 28.0 Å². The Bertz CT molecular complexity index is 1230. The molecule has 0 aliphatic rings. The first-order valence-corrected chi connectivity index (χ1v) is 11.1. The van der Waals surface area contributed by atoms with E-state index < -0.39 is 21.7 Å². The summed E-state index contributed by atoms with van der Waals surface area (Å²) in [6.07, 6.45) is 0. The molecule has 32 heavy (non-hydrogen) atoms. The van der Waals surface area contributed by atoms with Crippen molar-refractivity contribution in [3.05, 3.63) is 77.6 Å². The van der Waals surface area contributed by atoms with E-state index >= 15 is 0 Å². The van der Waals surface area contributed by atoms with Gasteiger partial charge in [0.1, 0.15) is 17.3 Å². The second-order valence-corrected chi connectivity index (χ2v) is 8.76. The largest absolute Gasteiger partial charge is 0.495 e. The van der Waals surface area contributed by atoms with Gasteiger partial charge in [-0.05, 0) is 67.9 Å². The molecule has 2 N–H and O–H groups in total. The van der Waals surface area contributed by atoms with E-state index in [2.05, 4.69) is 10.0 Å². The van der Waals surface area contributed by atoms with Gasteiger partial charge >= 0.3 is 0 Å². The Balaban J connectivity index is 1.72. The Kier molecular flexibility index (Phi) is 6.99. The molecule has 3 rings (SSSR count). The molecule has 168 valence electrons. The number of amides is 1. The maximum absolute atomic E-state index is 13.1. The van der Waals surface area contributed by atoms with Crippen LogP contribution < -0.4 is 19.5 Å². The fourth-order valence-electron chi connectivity index (χ4n) is 2.98. The average molecular weight is 459 g/mol. The van der Waals surface area contributed by atoms with Gasteiger partial charge in [-0.25, -0.2) is 12.8 Å². The van der Waals surface area contributed by atoms with Gasteiger partial charge in [-0.2, -0.15) is 0 Å². The average Bonchev–Trinajstić information content (AvgIpc) is 2.73. The number of halogens is 1. The van der Waals surface area contributed by atoms with Crippen LogP contribution in [0.3, 0.4) is 0 Å². The van der Waals surface area contributed by atoms with Crippen molar-refractivity contribution in [1.82, 2.24) is 0 Å². The number of methoxy groups -OCH3 is 1. The topological polar surface area (TPSA) is 93.7 Å². The summed E-state index contributed by atoms with van der Waals surface area (Å²) < 4.78 is 51.6. The molecule has 3 aromatic rings. The molecular formula is C23H23FN2O5S. The maximum atomic E-state index is 13.1. The zero-order valence-corrected chi connectivity index (χ0v) is 18.6. The van der Waals surface area contributed by atoms with E-state index in [4.69, 9.17) is 9.47 Å². The minimum absolute atomic E-state index is 0.114. The van der Waals surface area contributed by atoms with Gasteiger partial charge in [0, 0.05) is 5.69 Å². The zero-order valence-electron chi connectivity index (χ0n) is 17.8. The van der Waals surface area contributed by atoms with Gasteiger partial charge in [-0.3, -0.25) is 9.52 Å². The second kappa shape index (κ2) is 9.69. The standard InChI is InChI=1S/C23H23FN2O5S/c1-15-4-10-21(16(2)12-15)31-14-23(27)25-18-7-11-22(30-3)20(13-18)26-32(28,29)19-8-5-17(24)6-9-19/h4-13,26H,14H2,1-3H3,(H,25,27). The summed E-state index contributed by atoms with van der Waals surface area (Å²) in [6, 6.07) is 14.6. The minimum Gasteiger partial charge on any atom is -0.495 e. The number of anilines is 2. The molecule has 0 heterocycles. The highest BCUT2D eigenvalue weighted by Crippen LogP contribution is 2.30. The Morgan fingerprint density at radius 3 is 2.31 bits per heavy atom. The third kappa shape index (κ3) is 5.76. The maximum Gasteiger partial charge on any atom is 0.262 e. The van der Waals surface area contributed by atoms with Crippen LogP contribution in [0.25, 0.3) is 0 Å². The zero-order chi connectivity index (χ0) is 23.3. The molecule has 0 aliphatic carbocycles. The lowest BCUT2D eigenvalue weighted by atomic mass is 10.1. The number of hydrogen-bond donors (Lipinski definition) is 2. The fourth-order valence-corrected chi connectivity index (χ4v) is 4.05. The lowest BCUT2D eigenvalue weighted by Crippen LogP contribution is -2.20. The Morgan fingerprint density at radius 2 is 1.66 bits per heavy atom. The van der Waals surface area contributed by atoms with E-state index in [9.17, 15) is 17.6 Å². The highest BCUT2D eigenvalue weighted by atomic mass is 32.2. The van der Waals surface area contributed by atoms with Crippen LogP contribution >= 0.6 is 0 Å². The summed E-state index contributed by atoms with van der Waals surface area (Å²) in [6.45, 7) is 3.64. The van der Waals surface area contributed by atoms with Crippen molar-refractivity contribution < 1.29 is 27.1 Å². The van der Waals surface area contributed by atoms with Crippen molar-refractivity contribution in [2.75, 3.05) is 23.8 Å². The van der Waals surface area contributed by atoms with Crippen LogP contribution in [0.2, 0.25) is 0 Å². The predicted octanol–water partition coefficient (Wildman–Crippen LogP) is 4.27. The molecule has 3 aromatic carbocycles. The van der Waals surface area contributed by atoms with Gasteiger partial charge in [-0.15, -0.1) is 0 Å². The number of ether oxygens (including phenoxy) is 2. The molecule has 0 fully saturated rings. The smallest absolute Gasteiger partial charge is 0.262 e. The molecule has 0 spiro atoms. The Labute approximate surface area is 186 Å². The van der Waals surface area contributed by atoms with Crippen LogP contribution in [0, 0.1) is 19.7 Å². The van der Waals surface area contributed by atoms with E-state index in [0.717, 1.165) is 35.4 Å². The first-order chi connectivity index (χ1) is 15.2. The number of aryl methyl sites for hydroxylation is 2. The van der Waals surface area contributed by atoms with Gasteiger partial charge in [0.25, 0.3) is 15.9 Å². The number of carbonyl (C=O) groups is 1. The first kappa shape index (κ1) is 23.1. The van der Waals surface area contributed by atoms with E-state index in [0.29, 0.717) is 11.4 Å². The van der Waals surface area contributed by atoms with Crippen molar-refractivity contribution in [2.24, 2.45) is 0 Å². The molecule has 7 nitrogen and oxygen atoms in total. The summed E-state index contributed by atoms with van der Waals surface area (Å²) in [4.78, 5) is 12.2. The number of hydrogen-bond acceptors (Lipinski definition) is 5. The lowest BCUT2D eigenvalue weighted by molar-refractivity contribution is -0.118. The van der Waals surface area contributed by atoms with Crippen molar-refractivity contribution in [1.29, 1.82) is 0 Å². The molecule has 0 unspecified atom stereocenters. The number of sulfonamides is 1. The number of benzene rings is 3. The van der Waals surface area contributed by atoms with Gasteiger partial charge in [-0.1, -0.05) is 17.7 Å². The third-order valence-corrected chi connectivity index (χ3v) is 5.92. The Hall–Kier alpha value is -3.59. The van der Waals surface area contributed by atoms with Gasteiger partial charge < -0.3 is 14.8 Å². The highest BCUT2D eigenvalue weighted by Gasteiger charge is 2.17. The van der Waals surface area contributed by atoms with Crippen LogP contribution in [0.5, 0.6) is 11.5 Å². The SMILES string of the molecule is COc1ccc(NC(=O)COc2ccc(C)cc2C)cc1NS(=O)(=O)c1ccc(F)cc1. The first-order valence-electron chi connectivity index (χ1n) is 9.64. The molecule has 0 radical (unpaired) electrons. The molecule has 0 aromatic heterocycles. The van der Waals surface area contributed by atoms with Gasteiger partial charge in [0.05, 0.1) is 17.7 Å². The normalized spacial score (nSPS) is 11.0. The van der Waals surface area contributed by atoms with Crippen molar-refractivity contribution in [3.8, 4) is 11.5 Å². The van der Waals surface area contributed by atoms with Crippen LogP contribution in [0.15, 0.2) is 65.6 Å². The molecular weight excluding hydrogens is 435 g/mol. The molecule has 0 saturated carbocycles. The van der Waals surface area contributed by atoms with Crippen molar-refractivity contribution >= 4 is 27.3 Å². The molecule has 9 heteroatoms.